The van der Waals surface area contributed by atoms with Gasteiger partial charge in [-0.2, -0.15) is 0 Å². The fraction of sp³-hybridized carbons (Fsp3) is 0.810. The van der Waals surface area contributed by atoms with Gasteiger partial charge in [-0.1, -0.05) is 0 Å². The molecule has 8 aliphatic rings. The molecule has 11 heteroatoms. The first-order valence-electron chi connectivity index (χ1n) is 20.3. The first-order valence-corrected chi connectivity index (χ1v) is 22.1. The standard InChI is InChI=1S/C42H58IO10/c1-39-13-11-25(46)15-23(39)3-5-27-29-7-9-31(35(50)19-44)41(29,17-33(48)37(27)39)21-52-43-53-22-42-18-34(49)38-28(30(42)8-10-32(42)36(51)20-45)6-4-24-16-26(47)12-14-40(24,38)2/h15-16,27-34,37-38,44-45,48-49H,3-14,17-22H2,1-2H3/q-1/t27?,28?,29?,30?,31-,32-,33+,34+,37?,38?,39+,40+,41-,42-/m1/s1. The van der Waals surface area contributed by atoms with Crippen LogP contribution < -0.4 is 22.0 Å². The molecule has 53 heavy (non-hydrogen) atoms. The molecule has 14 atom stereocenters. The molecule has 8 rings (SSSR count). The molecule has 0 amide bonds. The SMILES string of the molecule is C[C@]12CCC(=O)C=C1CCC1C3CC[C@H](C(=O)CO)[C@@]3(CO[I-]OC[C@]34C[C@H](O)C5C(CCC6=CC(=O)CC[C@@]65C)C3CC[C@@H]4C(=O)CO)C[C@H](O)C12. The Balaban J connectivity index is 1.00. The second kappa shape index (κ2) is 14.2. The van der Waals surface area contributed by atoms with Crippen molar-refractivity contribution in [3.8, 4) is 0 Å². The number of aliphatic hydroxyl groups excluding tert-OH is 4. The number of carbonyl (C=O) groups excluding carboxylic acids is 4. The van der Waals surface area contributed by atoms with Crippen LogP contribution in [-0.4, -0.2) is 82.2 Å². The van der Waals surface area contributed by atoms with Crippen LogP contribution in [0.3, 0.4) is 0 Å². The first-order chi connectivity index (χ1) is 25.3. The summed E-state index contributed by atoms with van der Waals surface area (Å²) in [5.41, 5.74) is 0.592. The molecule has 0 aromatic rings. The minimum atomic E-state index is -1.31. The molecule has 6 unspecified atom stereocenters. The van der Waals surface area contributed by atoms with Crippen molar-refractivity contribution in [2.24, 2.45) is 69.0 Å². The molecular weight excluding hydrogens is 791 g/mol. The maximum absolute atomic E-state index is 13.3. The molecule has 294 valence electrons. The number of rotatable bonds is 10. The van der Waals surface area contributed by atoms with Crippen LogP contribution in [0.4, 0.5) is 0 Å². The van der Waals surface area contributed by atoms with Gasteiger partial charge in [0.1, 0.15) is 0 Å². The van der Waals surface area contributed by atoms with Gasteiger partial charge in [-0.15, -0.1) is 0 Å². The average Bonchev–Trinajstić information content (AvgIpc) is 3.70. The summed E-state index contributed by atoms with van der Waals surface area (Å²) in [7, 11) is 0. The second-order valence-corrected chi connectivity index (χ2v) is 20.5. The Morgan fingerprint density at radius 3 is 1.49 bits per heavy atom. The molecule has 4 N–H and O–H groups in total. The molecular formula is C42H58IO10-. The second-order valence-electron chi connectivity index (χ2n) is 18.9. The molecule has 6 saturated carbocycles. The molecule has 0 saturated heterocycles. The number of ketones is 4. The van der Waals surface area contributed by atoms with Crippen LogP contribution in [-0.2, 0) is 25.3 Å². The van der Waals surface area contributed by atoms with Gasteiger partial charge in [-0.25, -0.2) is 0 Å². The monoisotopic (exact) mass is 849 g/mol. The molecule has 8 aliphatic carbocycles. The third kappa shape index (κ3) is 5.89. The van der Waals surface area contributed by atoms with Crippen LogP contribution in [0.5, 0.6) is 0 Å². The zero-order valence-corrected chi connectivity index (χ0v) is 33.4. The van der Waals surface area contributed by atoms with Gasteiger partial charge in [0, 0.05) is 0 Å². The topological polar surface area (TPSA) is 168 Å². The molecule has 0 heterocycles. The van der Waals surface area contributed by atoms with Crippen molar-refractivity contribution in [3.63, 3.8) is 0 Å². The number of fused-ring (bicyclic) bond motifs is 10. The van der Waals surface area contributed by atoms with Crippen molar-refractivity contribution in [2.45, 2.75) is 116 Å². The van der Waals surface area contributed by atoms with E-state index in [2.05, 4.69) is 13.8 Å². The molecule has 0 aromatic carbocycles. The molecule has 6 fully saturated rings. The quantitative estimate of drug-likeness (QED) is 0.186. The Morgan fingerprint density at radius 1 is 0.679 bits per heavy atom. The zero-order valence-electron chi connectivity index (χ0n) is 31.3. The van der Waals surface area contributed by atoms with E-state index in [1.54, 1.807) is 0 Å². The van der Waals surface area contributed by atoms with Gasteiger partial charge in [0.2, 0.25) is 0 Å². The summed E-state index contributed by atoms with van der Waals surface area (Å²) in [6, 6.07) is 0. The van der Waals surface area contributed by atoms with Crippen molar-refractivity contribution < 1.29 is 67.8 Å². The van der Waals surface area contributed by atoms with Crippen molar-refractivity contribution in [2.75, 3.05) is 26.4 Å². The number of allylic oxidation sites excluding steroid dienone is 2. The Morgan fingerprint density at radius 2 is 1.09 bits per heavy atom. The van der Waals surface area contributed by atoms with E-state index in [1.165, 1.54) is 0 Å². The predicted octanol–water partition coefficient (Wildman–Crippen LogP) is 1.26. The van der Waals surface area contributed by atoms with Crippen LogP contribution in [0.15, 0.2) is 23.3 Å². The average molecular weight is 850 g/mol. The third-order valence-electron chi connectivity index (χ3n) is 17.1. The molecule has 0 aliphatic heterocycles. The third-order valence-corrected chi connectivity index (χ3v) is 18.2. The number of aliphatic hydroxyl groups is 4. The normalized spacial score (nSPS) is 47.4. The van der Waals surface area contributed by atoms with E-state index in [-0.39, 0.29) is 82.7 Å². The zero-order chi connectivity index (χ0) is 37.5. The van der Waals surface area contributed by atoms with E-state index in [9.17, 15) is 39.6 Å². The van der Waals surface area contributed by atoms with E-state index in [4.69, 9.17) is 6.13 Å². The van der Waals surface area contributed by atoms with Gasteiger partial charge in [-0.3, -0.25) is 0 Å². The van der Waals surface area contributed by atoms with E-state index >= 15 is 0 Å². The first kappa shape index (κ1) is 38.5. The summed E-state index contributed by atoms with van der Waals surface area (Å²) in [5, 5.41) is 44.1. The summed E-state index contributed by atoms with van der Waals surface area (Å²) < 4.78 is 13.0. The Kier molecular flexibility index (Phi) is 10.3. The maximum atomic E-state index is 13.3. The fourth-order valence-electron chi connectivity index (χ4n) is 15.0. The summed E-state index contributed by atoms with van der Waals surface area (Å²) in [6.07, 6.45) is 11.9. The van der Waals surface area contributed by atoms with Crippen LogP contribution in [0, 0.1) is 69.0 Å². The number of halogens is 1. The molecule has 0 bridgehead atoms. The number of hydrogen-bond donors (Lipinski definition) is 4. The van der Waals surface area contributed by atoms with Crippen LogP contribution in [0.1, 0.15) is 104 Å². The van der Waals surface area contributed by atoms with E-state index in [0.29, 0.717) is 38.5 Å². The minimum absolute atomic E-state index is 0.00585. The summed E-state index contributed by atoms with van der Waals surface area (Å²) in [5.74, 6) is -0.208. The fourth-order valence-corrected chi connectivity index (χ4v) is 16.5. The summed E-state index contributed by atoms with van der Waals surface area (Å²) in [6.45, 7) is 3.87. The van der Waals surface area contributed by atoms with Crippen LogP contribution in [0.2, 0.25) is 0 Å². The predicted molar refractivity (Wildman–Crippen MR) is 188 cm³/mol. The van der Waals surface area contributed by atoms with Crippen LogP contribution in [0.25, 0.3) is 0 Å². The van der Waals surface area contributed by atoms with Crippen molar-refractivity contribution >= 4 is 23.1 Å². The van der Waals surface area contributed by atoms with E-state index < -0.39 is 70.1 Å². The van der Waals surface area contributed by atoms with E-state index in [0.717, 1.165) is 62.5 Å². The summed E-state index contributed by atoms with van der Waals surface area (Å²) in [4.78, 5) is 51.4. The Bertz CT molecular complexity index is 1480. The van der Waals surface area contributed by atoms with Gasteiger partial charge in [-0.05, 0) is 0 Å². The van der Waals surface area contributed by atoms with Gasteiger partial charge >= 0.3 is 326 Å². The molecule has 0 aromatic heterocycles. The van der Waals surface area contributed by atoms with Gasteiger partial charge in [0.15, 0.2) is 0 Å². The van der Waals surface area contributed by atoms with Crippen molar-refractivity contribution in [1.82, 2.24) is 0 Å². The Labute approximate surface area is 324 Å². The van der Waals surface area contributed by atoms with Crippen molar-refractivity contribution in [1.29, 1.82) is 0 Å². The van der Waals surface area contributed by atoms with E-state index in [1.807, 2.05) is 12.2 Å². The van der Waals surface area contributed by atoms with Gasteiger partial charge in [0.25, 0.3) is 0 Å². The number of carbonyl (C=O) groups is 4. The summed E-state index contributed by atoms with van der Waals surface area (Å²) >= 11 is -1.31. The van der Waals surface area contributed by atoms with Gasteiger partial charge in [0.05, 0.1) is 0 Å². The molecule has 0 spiro atoms. The molecule has 10 nitrogen and oxygen atoms in total. The van der Waals surface area contributed by atoms with Crippen molar-refractivity contribution in [3.05, 3.63) is 23.3 Å². The number of Topliss-reactive ketones (excluding diaryl/α,β-unsaturated/α-hetero) is 2. The number of hydrogen-bond acceptors (Lipinski definition) is 10. The van der Waals surface area contributed by atoms with Crippen LogP contribution >= 0.6 is 0 Å². The molecule has 0 radical (unpaired) electrons. The van der Waals surface area contributed by atoms with Gasteiger partial charge < -0.3 is 0 Å². The Hall–Kier alpha value is -1.35.